The first-order valence-corrected chi connectivity index (χ1v) is 8.91. The van der Waals surface area contributed by atoms with Crippen molar-refractivity contribution in [3.05, 3.63) is 83.2 Å². The quantitative estimate of drug-likeness (QED) is 0.602. The van der Waals surface area contributed by atoms with E-state index in [9.17, 15) is 13.6 Å². The van der Waals surface area contributed by atoms with E-state index in [1.165, 1.54) is 11.6 Å². The summed E-state index contributed by atoms with van der Waals surface area (Å²) < 4.78 is 26.4. The van der Waals surface area contributed by atoms with Crippen LogP contribution >= 0.6 is 0 Å². The molecule has 0 atom stereocenters. The fraction of sp³-hybridized carbons (Fsp3) is 0.190. The Bertz CT molecular complexity index is 964. The molecule has 2 aromatic carbocycles. The van der Waals surface area contributed by atoms with E-state index < -0.39 is 11.6 Å². The van der Waals surface area contributed by atoms with Crippen molar-refractivity contribution in [2.24, 2.45) is 0 Å². The third-order valence-electron chi connectivity index (χ3n) is 4.03. The monoisotopic (exact) mass is 382 g/mol. The van der Waals surface area contributed by atoms with Crippen LogP contribution in [0.3, 0.4) is 0 Å². The molecule has 1 aromatic heterocycles. The first-order chi connectivity index (χ1) is 13.5. The smallest absolute Gasteiger partial charge is 0.270 e. The minimum atomic E-state index is -0.978. The number of aromatic nitrogens is 2. The molecule has 28 heavy (non-hydrogen) atoms. The minimum Gasteiger partial charge on any atom is -0.351 e. The van der Waals surface area contributed by atoms with Gasteiger partial charge in [-0.25, -0.2) is 18.7 Å². The Kier molecular flexibility index (Phi) is 6.26. The second kappa shape index (κ2) is 9.03. The molecule has 2 N–H and O–H groups in total. The molecule has 0 aliphatic rings. The lowest BCUT2D eigenvalue weighted by Crippen LogP contribution is -2.26. The Morgan fingerprint density at radius 1 is 1.00 bits per heavy atom. The van der Waals surface area contributed by atoms with Crippen molar-refractivity contribution in [1.29, 1.82) is 0 Å². The molecule has 3 aromatic rings. The number of amides is 1. The van der Waals surface area contributed by atoms with E-state index in [2.05, 4.69) is 20.6 Å². The predicted molar refractivity (Wildman–Crippen MR) is 104 cm³/mol. The molecule has 0 aliphatic heterocycles. The second-order valence-corrected chi connectivity index (χ2v) is 6.32. The zero-order valence-corrected chi connectivity index (χ0v) is 15.4. The minimum absolute atomic E-state index is 0.139. The summed E-state index contributed by atoms with van der Waals surface area (Å²) in [5.41, 5.74) is 2.29. The molecule has 7 heteroatoms. The van der Waals surface area contributed by atoms with Crippen molar-refractivity contribution < 1.29 is 13.6 Å². The molecule has 0 aliphatic carbocycles. The Balaban J connectivity index is 1.60. The molecule has 0 radical (unpaired) electrons. The van der Waals surface area contributed by atoms with Gasteiger partial charge in [-0.05, 0) is 43.5 Å². The molecular weight excluding hydrogens is 362 g/mol. The average Bonchev–Trinajstić information content (AvgIpc) is 2.68. The van der Waals surface area contributed by atoms with Crippen molar-refractivity contribution in [2.45, 2.75) is 19.8 Å². The molecule has 5 nitrogen and oxygen atoms in total. The standard InChI is InChI=1S/C21H20F2N4O/c1-14-12-19(20(28)24-11-5-8-15-6-3-2-4-7-15)27-21(25-14)26-16-9-10-17(22)18(23)13-16/h2-4,6-7,9-10,12-13H,5,8,11H2,1H3,(H,24,28)(H,25,26,27). The number of nitrogens with one attached hydrogen (secondary N) is 2. The molecule has 144 valence electrons. The SMILES string of the molecule is Cc1cc(C(=O)NCCCc2ccccc2)nc(Nc2ccc(F)c(F)c2)n1. The molecule has 0 saturated carbocycles. The van der Waals surface area contributed by atoms with Gasteiger partial charge in [-0.15, -0.1) is 0 Å². The first kappa shape index (κ1) is 19.4. The van der Waals surface area contributed by atoms with Crippen molar-refractivity contribution in [3.63, 3.8) is 0 Å². The second-order valence-electron chi connectivity index (χ2n) is 6.32. The van der Waals surface area contributed by atoms with Crippen molar-refractivity contribution >= 4 is 17.5 Å². The van der Waals surface area contributed by atoms with Crippen LogP contribution in [-0.2, 0) is 6.42 Å². The van der Waals surface area contributed by atoms with Crippen LogP contribution in [0.1, 0.15) is 28.2 Å². The van der Waals surface area contributed by atoms with Crippen LogP contribution in [0.4, 0.5) is 20.4 Å². The Hall–Kier alpha value is -3.35. The van der Waals surface area contributed by atoms with Crippen LogP contribution in [0, 0.1) is 18.6 Å². The lowest BCUT2D eigenvalue weighted by molar-refractivity contribution is 0.0948. The maximum atomic E-state index is 13.3. The summed E-state index contributed by atoms with van der Waals surface area (Å²) in [6.07, 6.45) is 1.67. The van der Waals surface area contributed by atoms with E-state index in [-0.39, 0.29) is 17.5 Å². The molecule has 0 unspecified atom stereocenters. The third kappa shape index (κ3) is 5.33. The molecule has 0 fully saturated rings. The Labute approximate surface area is 161 Å². The molecule has 0 bridgehead atoms. The largest absolute Gasteiger partial charge is 0.351 e. The average molecular weight is 382 g/mol. The zero-order valence-electron chi connectivity index (χ0n) is 15.4. The maximum absolute atomic E-state index is 13.3. The Morgan fingerprint density at radius 2 is 1.79 bits per heavy atom. The topological polar surface area (TPSA) is 66.9 Å². The number of carbonyl (C=O) groups excluding carboxylic acids is 1. The summed E-state index contributed by atoms with van der Waals surface area (Å²) >= 11 is 0. The lowest BCUT2D eigenvalue weighted by Gasteiger charge is -2.09. The van der Waals surface area contributed by atoms with Crippen LogP contribution < -0.4 is 10.6 Å². The fourth-order valence-corrected chi connectivity index (χ4v) is 2.67. The van der Waals surface area contributed by atoms with Gasteiger partial charge >= 0.3 is 0 Å². The van der Waals surface area contributed by atoms with Gasteiger partial charge in [0, 0.05) is 24.0 Å². The van der Waals surface area contributed by atoms with E-state index in [0.717, 1.165) is 25.0 Å². The lowest BCUT2D eigenvalue weighted by atomic mass is 10.1. The van der Waals surface area contributed by atoms with Crippen LogP contribution in [0.25, 0.3) is 0 Å². The Morgan fingerprint density at radius 3 is 2.54 bits per heavy atom. The third-order valence-corrected chi connectivity index (χ3v) is 4.03. The summed E-state index contributed by atoms with van der Waals surface area (Å²) in [6.45, 7) is 2.24. The highest BCUT2D eigenvalue weighted by atomic mass is 19.2. The number of anilines is 2. The highest BCUT2D eigenvalue weighted by Gasteiger charge is 2.11. The van der Waals surface area contributed by atoms with Crippen molar-refractivity contribution in [2.75, 3.05) is 11.9 Å². The van der Waals surface area contributed by atoms with Gasteiger partial charge in [0.15, 0.2) is 11.6 Å². The number of hydrogen-bond acceptors (Lipinski definition) is 4. The number of halogens is 2. The van der Waals surface area contributed by atoms with Gasteiger partial charge in [0.2, 0.25) is 5.95 Å². The summed E-state index contributed by atoms with van der Waals surface area (Å²) in [6, 6.07) is 15.0. The molecule has 0 saturated heterocycles. The van der Waals surface area contributed by atoms with Gasteiger partial charge in [0.05, 0.1) is 0 Å². The van der Waals surface area contributed by atoms with Gasteiger partial charge in [-0.2, -0.15) is 0 Å². The molecule has 1 heterocycles. The van der Waals surface area contributed by atoms with Crippen LogP contribution in [0.2, 0.25) is 0 Å². The summed E-state index contributed by atoms with van der Waals surface area (Å²) in [5, 5.41) is 5.63. The van der Waals surface area contributed by atoms with E-state index in [1.54, 1.807) is 13.0 Å². The van der Waals surface area contributed by atoms with Gasteiger partial charge < -0.3 is 10.6 Å². The molecular formula is C21H20F2N4O. The molecule has 0 spiro atoms. The summed E-state index contributed by atoms with van der Waals surface area (Å²) in [7, 11) is 0. The van der Waals surface area contributed by atoms with E-state index in [1.807, 2.05) is 30.3 Å². The summed E-state index contributed by atoms with van der Waals surface area (Å²) in [4.78, 5) is 20.7. The van der Waals surface area contributed by atoms with Gasteiger partial charge in [0.1, 0.15) is 5.69 Å². The number of carbonyl (C=O) groups is 1. The number of aryl methyl sites for hydroxylation is 2. The number of nitrogens with zero attached hydrogens (tertiary/aromatic N) is 2. The van der Waals surface area contributed by atoms with Gasteiger partial charge in [0.25, 0.3) is 5.91 Å². The highest BCUT2D eigenvalue weighted by molar-refractivity contribution is 5.92. The van der Waals surface area contributed by atoms with E-state index >= 15 is 0 Å². The molecule has 3 rings (SSSR count). The number of hydrogen-bond donors (Lipinski definition) is 2. The van der Waals surface area contributed by atoms with E-state index in [4.69, 9.17) is 0 Å². The zero-order chi connectivity index (χ0) is 19.9. The number of benzene rings is 2. The van der Waals surface area contributed by atoms with Crippen LogP contribution in [0.5, 0.6) is 0 Å². The van der Waals surface area contributed by atoms with Crippen molar-refractivity contribution in [1.82, 2.24) is 15.3 Å². The first-order valence-electron chi connectivity index (χ1n) is 8.91. The van der Waals surface area contributed by atoms with E-state index in [0.29, 0.717) is 17.9 Å². The molecule has 1 amide bonds. The normalized spacial score (nSPS) is 10.5. The maximum Gasteiger partial charge on any atom is 0.270 e. The fourth-order valence-electron chi connectivity index (χ4n) is 2.67. The van der Waals surface area contributed by atoms with Crippen molar-refractivity contribution in [3.8, 4) is 0 Å². The highest BCUT2D eigenvalue weighted by Crippen LogP contribution is 2.17. The van der Waals surface area contributed by atoms with Gasteiger partial charge in [-0.3, -0.25) is 4.79 Å². The number of rotatable bonds is 7. The summed E-state index contributed by atoms with van der Waals surface area (Å²) in [5.74, 6) is -2.09. The van der Waals surface area contributed by atoms with Crippen LogP contribution in [0.15, 0.2) is 54.6 Å². The predicted octanol–water partition coefficient (Wildman–Crippen LogP) is 4.17. The van der Waals surface area contributed by atoms with Crippen LogP contribution in [-0.4, -0.2) is 22.4 Å². The van der Waals surface area contributed by atoms with Gasteiger partial charge in [-0.1, -0.05) is 30.3 Å².